The number of nitrogens with two attached hydrogens (primary N) is 1. The van der Waals surface area contributed by atoms with Crippen molar-refractivity contribution in [1.82, 2.24) is 10.4 Å². The molecule has 1 atom stereocenters. The van der Waals surface area contributed by atoms with Crippen molar-refractivity contribution in [1.29, 1.82) is 0 Å². The van der Waals surface area contributed by atoms with Crippen LogP contribution in [0, 0.1) is 0 Å². The van der Waals surface area contributed by atoms with Crippen LogP contribution >= 0.6 is 0 Å². The van der Waals surface area contributed by atoms with Crippen molar-refractivity contribution < 1.29 is 18.9 Å². The largest absolute Gasteiger partial charge is 0.493 e. The molecule has 116 valence electrons. The van der Waals surface area contributed by atoms with Gasteiger partial charge in [0.25, 0.3) is 0 Å². The summed E-state index contributed by atoms with van der Waals surface area (Å²) in [6.45, 7) is 3.85. The van der Waals surface area contributed by atoms with E-state index in [9.17, 15) is 0 Å². The lowest BCUT2D eigenvalue weighted by atomic mass is 10.1. The molecule has 0 saturated carbocycles. The number of benzene rings is 1. The average molecular weight is 295 g/mol. The molecule has 0 aliphatic carbocycles. The fourth-order valence-corrected chi connectivity index (χ4v) is 2.53. The van der Waals surface area contributed by atoms with Gasteiger partial charge in [-0.05, 0) is 17.7 Å². The number of ether oxygens (including phenoxy) is 4. The zero-order valence-electron chi connectivity index (χ0n) is 12.1. The molecular formula is C14H21N3O4. The molecule has 0 amide bonds. The Balaban J connectivity index is 1.79. The maximum absolute atomic E-state index is 5.93. The van der Waals surface area contributed by atoms with Gasteiger partial charge in [-0.1, -0.05) is 0 Å². The third kappa shape index (κ3) is 3.06. The number of methoxy groups -OCH3 is 1. The lowest BCUT2D eigenvalue weighted by Gasteiger charge is -2.31. The van der Waals surface area contributed by atoms with Gasteiger partial charge >= 0.3 is 0 Å². The molecule has 7 heteroatoms. The lowest BCUT2D eigenvalue weighted by Crippen LogP contribution is -2.48. The number of rotatable bonds is 5. The second-order valence-electron chi connectivity index (χ2n) is 4.97. The summed E-state index contributed by atoms with van der Waals surface area (Å²) in [6, 6.07) is 3.89. The van der Waals surface area contributed by atoms with Gasteiger partial charge in [-0.3, -0.25) is 0 Å². The van der Waals surface area contributed by atoms with Gasteiger partial charge in [0.2, 0.25) is 12.5 Å². The molecule has 2 aliphatic rings. The number of morpholine rings is 1. The van der Waals surface area contributed by atoms with Crippen LogP contribution in [-0.4, -0.2) is 51.8 Å². The van der Waals surface area contributed by atoms with Crippen molar-refractivity contribution in [2.24, 2.45) is 5.73 Å². The highest BCUT2D eigenvalue weighted by atomic mass is 16.7. The van der Waals surface area contributed by atoms with Crippen molar-refractivity contribution in [3.63, 3.8) is 0 Å². The number of nitrogens with one attached hydrogen (secondary N) is 1. The first kappa shape index (κ1) is 14.4. The molecule has 0 aromatic heterocycles. The SMILES string of the molecule is COc1cc(C(CN)NN2CCOCC2)cc2c1OCO2. The molecule has 21 heavy (non-hydrogen) atoms. The maximum Gasteiger partial charge on any atom is 0.231 e. The molecular weight excluding hydrogens is 274 g/mol. The molecule has 2 heterocycles. The highest BCUT2D eigenvalue weighted by Crippen LogP contribution is 2.42. The molecule has 3 rings (SSSR count). The average Bonchev–Trinajstić information content (AvgIpc) is 3.01. The van der Waals surface area contributed by atoms with Gasteiger partial charge in [-0.25, -0.2) is 10.4 Å². The molecule has 1 saturated heterocycles. The zero-order chi connectivity index (χ0) is 14.7. The second-order valence-corrected chi connectivity index (χ2v) is 4.97. The molecule has 0 bridgehead atoms. The molecule has 1 unspecified atom stereocenters. The molecule has 3 N–H and O–H groups in total. The summed E-state index contributed by atoms with van der Waals surface area (Å²) in [4.78, 5) is 0. The number of hydrogen-bond donors (Lipinski definition) is 2. The fraction of sp³-hybridized carbons (Fsp3) is 0.571. The van der Waals surface area contributed by atoms with Crippen molar-refractivity contribution in [3.8, 4) is 17.2 Å². The van der Waals surface area contributed by atoms with Crippen LogP contribution in [0.2, 0.25) is 0 Å². The Morgan fingerprint density at radius 1 is 1.33 bits per heavy atom. The third-order valence-electron chi connectivity index (χ3n) is 3.67. The van der Waals surface area contributed by atoms with E-state index in [1.165, 1.54) is 0 Å². The van der Waals surface area contributed by atoms with E-state index in [4.69, 9.17) is 24.7 Å². The Kier molecular flexibility index (Phi) is 4.45. The van der Waals surface area contributed by atoms with Crippen LogP contribution in [0.25, 0.3) is 0 Å². The fourth-order valence-electron chi connectivity index (χ4n) is 2.53. The molecule has 1 aromatic carbocycles. The van der Waals surface area contributed by atoms with E-state index in [0.29, 0.717) is 23.8 Å². The smallest absolute Gasteiger partial charge is 0.231 e. The summed E-state index contributed by atoms with van der Waals surface area (Å²) >= 11 is 0. The van der Waals surface area contributed by atoms with Gasteiger partial charge in [-0.15, -0.1) is 0 Å². The van der Waals surface area contributed by atoms with E-state index in [0.717, 1.165) is 31.9 Å². The van der Waals surface area contributed by atoms with E-state index < -0.39 is 0 Å². The van der Waals surface area contributed by atoms with E-state index in [1.807, 2.05) is 12.1 Å². The first-order valence-corrected chi connectivity index (χ1v) is 7.08. The molecule has 1 fully saturated rings. The number of fused-ring (bicyclic) bond motifs is 1. The number of hydrazine groups is 1. The van der Waals surface area contributed by atoms with Crippen LogP contribution in [-0.2, 0) is 4.74 Å². The van der Waals surface area contributed by atoms with Crippen LogP contribution in [0.3, 0.4) is 0 Å². The zero-order valence-corrected chi connectivity index (χ0v) is 12.1. The minimum atomic E-state index is -0.00787. The number of hydrogen-bond acceptors (Lipinski definition) is 7. The van der Waals surface area contributed by atoms with Gasteiger partial charge in [-0.2, -0.15) is 0 Å². The van der Waals surface area contributed by atoms with Crippen LogP contribution in [0.15, 0.2) is 12.1 Å². The summed E-state index contributed by atoms with van der Waals surface area (Å²) < 4.78 is 21.6. The van der Waals surface area contributed by atoms with Crippen LogP contribution in [0.5, 0.6) is 17.2 Å². The summed E-state index contributed by atoms with van der Waals surface area (Å²) in [5.41, 5.74) is 10.4. The predicted molar refractivity (Wildman–Crippen MR) is 76.4 cm³/mol. The van der Waals surface area contributed by atoms with Gasteiger partial charge in [0, 0.05) is 19.6 Å². The second kappa shape index (κ2) is 6.48. The van der Waals surface area contributed by atoms with E-state index in [2.05, 4.69) is 10.4 Å². The van der Waals surface area contributed by atoms with Crippen molar-refractivity contribution in [2.45, 2.75) is 6.04 Å². The predicted octanol–water partition coefficient (Wildman–Crippen LogP) is 0.261. The Hall–Kier alpha value is -1.54. The summed E-state index contributed by atoms with van der Waals surface area (Å²) in [6.07, 6.45) is 0. The first-order valence-electron chi connectivity index (χ1n) is 7.08. The lowest BCUT2D eigenvalue weighted by molar-refractivity contribution is 0.00402. The molecule has 0 spiro atoms. The highest BCUT2D eigenvalue weighted by molar-refractivity contribution is 5.55. The Bertz CT molecular complexity index is 491. The van der Waals surface area contributed by atoms with Crippen molar-refractivity contribution in [2.75, 3.05) is 46.8 Å². The van der Waals surface area contributed by atoms with Crippen LogP contribution in [0.4, 0.5) is 0 Å². The highest BCUT2D eigenvalue weighted by Gasteiger charge is 2.24. The van der Waals surface area contributed by atoms with Gasteiger partial charge < -0.3 is 24.7 Å². The minimum Gasteiger partial charge on any atom is -0.493 e. The number of nitrogens with zero attached hydrogens (tertiary/aromatic N) is 1. The molecule has 7 nitrogen and oxygen atoms in total. The van der Waals surface area contributed by atoms with Gasteiger partial charge in [0.1, 0.15) is 0 Å². The molecule has 1 aromatic rings. The molecule has 2 aliphatic heterocycles. The normalized spacial score (nSPS) is 19.5. The Morgan fingerprint density at radius 3 is 2.86 bits per heavy atom. The summed E-state index contributed by atoms with van der Waals surface area (Å²) in [7, 11) is 1.62. The summed E-state index contributed by atoms with van der Waals surface area (Å²) in [5.74, 6) is 2.03. The van der Waals surface area contributed by atoms with Gasteiger partial charge in [0.05, 0.1) is 26.4 Å². The maximum atomic E-state index is 5.93. The first-order chi connectivity index (χ1) is 10.3. The molecule has 0 radical (unpaired) electrons. The van der Waals surface area contributed by atoms with Crippen LogP contribution in [0.1, 0.15) is 11.6 Å². The van der Waals surface area contributed by atoms with Crippen molar-refractivity contribution in [3.05, 3.63) is 17.7 Å². The monoisotopic (exact) mass is 295 g/mol. The van der Waals surface area contributed by atoms with Gasteiger partial charge in [0.15, 0.2) is 11.5 Å². The summed E-state index contributed by atoms with van der Waals surface area (Å²) in [5, 5.41) is 2.14. The van der Waals surface area contributed by atoms with E-state index in [-0.39, 0.29) is 12.8 Å². The van der Waals surface area contributed by atoms with Crippen molar-refractivity contribution >= 4 is 0 Å². The van der Waals surface area contributed by atoms with E-state index >= 15 is 0 Å². The van der Waals surface area contributed by atoms with Crippen LogP contribution < -0.4 is 25.4 Å². The quantitative estimate of drug-likeness (QED) is 0.806. The standard InChI is InChI=1S/C14H21N3O4/c1-18-12-6-10(7-13-14(12)21-9-20-13)11(8-15)16-17-2-4-19-5-3-17/h6-7,11,16H,2-5,8-9,15H2,1H3. The Morgan fingerprint density at radius 2 is 2.14 bits per heavy atom. The third-order valence-corrected chi connectivity index (χ3v) is 3.67. The Labute approximate surface area is 123 Å². The minimum absolute atomic E-state index is 0.00787. The topological polar surface area (TPSA) is 78.2 Å². The van der Waals surface area contributed by atoms with E-state index in [1.54, 1.807) is 7.11 Å².